The summed E-state index contributed by atoms with van der Waals surface area (Å²) in [7, 11) is 0. The van der Waals surface area contributed by atoms with E-state index in [2.05, 4.69) is 166 Å². The van der Waals surface area contributed by atoms with Gasteiger partial charge in [-0.25, -0.2) is 0 Å². The van der Waals surface area contributed by atoms with Crippen LogP contribution in [-0.4, -0.2) is 239 Å². The second kappa shape index (κ2) is 137. The summed E-state index contributed by atoms with van der Waals surface area (Å²) in [6, 6.07) is 0. The van der Waals surface area contributed by atoms with E-state index in [0.29, 0.717) is 136 Å². The van der Waals surface area contributed by atoms with Crippen molar-refractivity contribution >= 4 is 246 Å². The van der Waals surface area contributed by atoms with Gasteiger partial charge in [0.15, 0.2) is 0 Å². The van der Waals surface area contributed by atoms with E-state index in [1.807, 2.05) is 165 Å². The van der Waals surface area contributed by atoms with Crippen molar-refractivity contribution in [2.45, 2.75) is 375 Å². The lowest BCUT2D eigenvalue weighted by molar-refractivity contribution is 0.691. The maximum absolute atomic E-state index is 7.03. The quantitative estimate of drug-likeness (QED) is 0.0153. The van der Waals surface area contributed by atoms with E-state index in [4.69, 9.17) is 156 Å². The second-order valence-electron chi connectivity index (χ2n) is 32.2. The van der Waals surface area contributed by atoms with Gasteiger partial charge in [0, 0.05) is 145 Å². The van der Waals surface area contributed by atoms with Gasteiger partial charge in [0.1, 0.15) is 0 Å². The van der Waals surface area contributed by atoms with Crippen LogP contribution in [0.3, 0.4) is 0 Å². The summed E-state index contributed by atoms with van der Waals surface area (Å²) in [5.41, 5.74) is 72.7. The van der Waals surface area contributed by atoms with Crippen LogP contribution in [0.25, 0.3) is 0 Å². The first kappa shape index (κ1) is 164. The Bertz CT molecular complexity index is 2550. The molecule has 0 aromatic rings. The normalized spacial score (nSPS) is 11.3. The zero-order valence-corrected chi connectivity index (χ0v) is 102. The Morgan fingerprint density at radius 2 is 0.507 bits per heavy atom. The molecule has 0 aromatic carbocycles. The first-order valence-corrected chi connectivity index (χ1v) is 63.9. The lowest BCUT2D eigenvalue weighted by atomic mass is 10.1. The van der Waals surface area contributed by atoms with Gasteiger partial charge in [-0.15, -0.1) is 0 Å². The minimum Gasteiger partial charge on any atom is -0.388 e. The van der Waals surface area contributed by atoms with Gasteiger partial charge < -0.3 is 80.3 Å². The summed E-state index contributed by atoms with van der Waals surface area (Å²) in [5, 5.41) is 102. The van der Waals surface area contributed by atoms with Gasteiger partial charge in [-0.05, 0) is 185 Å². The molecule has 0 radical (unpaired) electrons. The topological polar surface area (TPSA) is 698 Å². The largest absolute Gasteiger partial charge is 0.388 e. The van der Waals surface area contributed by atoms with Crippen molar-refractivity contribution in [2.24, 2.45) is 92.1 Å². The standard InChI is InChI=1S/10C7H16N2S.4C6H14N2S/c1-5(2)10-6(3)4-7(8)9;1-6(2)5-10-4-3-7(8)9;1-6(2)10-5-3-4-7(8)9;1-3-10-5-6(2)4-7(8)9;1-3-10-6(2)4-5-7(8)9;1-3-6(2)10-5-4-7(8)9;1-3-4-10-6(2)5-7(8)9;1-2-10-6-4-3-5-7(8)9;1-2-5-10-6-3-4-7(8)9;1-2-3-5-10-6-4-7(8)9;1-5(2)9-4-3-6(7)8;1-3-9-5(2)4-6(7)8;1-2-9-5-3-4-6(7)8;1-2-4-9-5-3-6(7)8/h5-6H,4H2,1-3H3,(H3,8,9);6*6H,3-5H2,1-2H3,(H3,8,9);3*2-6H2,1H3,(H3,8,9);2*5H,3-4H2,1-2H3,(H3,7,8);2*2-5H2,1H3,(H3,7,8). The third-order valence-electron chi connectivity index (χ3n) is 14.9. The molecule has 0 aliphatic heterocycles. The number of rotatable bonds is 70. The molecule has 0 aromatic heterocycles. The van der Waals surface area contributed by atoms with Crippen LogP contribution in [0.5, 0.6) is 0 Å². The average Bonchev–Trinajstić information content (AvgIpc) is 1.00. The summed E-state index contributed by atoms with van der Waals surface area (Å²) in [6.07, 6.45) is 24.2. The number of nitrogens with two attached hydrogens (primary N) is 14. The maximum atomic E-state index is 7.03. The van der Waals surface area contributed by atoms with Crippen molar-refractivity contribution in [1.82, 2.24) is 0 Å². The minimum absolute atomic E-state index is 0.292. The first-order valence-electron chi connectivity index (χ1n) is 48.6. The SMILES string of the molecule is CC(C)CSCCC(=N)N.CC(C)SC(C)CC(=N)N.CC(C)SCCC(=N)N.CC(C)SCCCC(=N)N.CCC(C)SCCC(=N)N.CCCCSCCC(=N)N.CCCSC(C)CC(=N)N.CCCSCCC(=N)N.CCCSCCCC(=N)N.CCSC(C)CC(=N)N.CCSC(C)CCC(=N)N.CCSCC(C)CC(=N)N.CCSCCCC(=N)N.CCSCCCCC(=N)N. The maximum Gasteiger partial charge on any atom is 0.0916 e. The molecule has 6 atom stereocenters. The smallest absolute Gasteiger partial charge is 0.0916 e. The number of hydrogen-bond acceptors (Lipinski definition) is 28. The molecular weight excluding hydrogens is 1970 g/mol. The van der Waals surface area contributed by atoms with E-state index in [0.717, 1.165) is 196 Å². The fourth-order valence-corrected chi connectivity index (χ4v) is 20.6. The molecule has 816 valence electrons. The van der Waals surface area contributed by atoms with Crippen LogP contribution in [0.1, 0.15) is 333 Å². The molecule has 0 aliphatic carbocycles. The summed E-state index contributed by atoms with van der Waals surface area (Å²) in [4.78, 5) is 0. The van der Waals surface area contributed by atoms with Gasteiger partial charge >= 0.3 is 0 Å². The van der Waals surface area contributed by atoms with E-state index in [1.165, 1.54) is 85.2 Å². The van der Waals surface area contributed by atoms with E-state index < -0.39 is 0 Å². The number of unbranched alkanes of at least 4 members (excludes halogenated alkanes) is 2. The van der Waals surface area contributed by atoms with Gasteiger partial charge in [0.2, 0.25) is 0 Å². The molecule has 136 heavy (non-hydrogen) atoms. The summed E-state index contributed by atoms with van der Waals surface area (Å²) in [5.74, 6) is 28.0. The Hall–Kier alpha value is -2.52. The van der Waals surface area contributed by atoms with Crippen LogP contribution in [0.4, 0.5) is 0 Å². The zero-order chi connectivity index (χ0) is 108. The number of nitrogens with one attached hydrogen (secondary N) is 14. The van der Waals surface area contributed by atoms with Crippen LogP contribution in [0, 0.1) is 87.6 Å². The van der Waals surface area contributed by atoms with Crippen LogP contribution in [0.15, 0.2) is 0 Å². The van der Waals surface area contributed by atoms with Gasteiger partial charge in [-0.3, -0.25) is 75.7 Å². The Balaban J connectivity index is -0.0000000982. The molecule has 0 heterocycles. The predicted octanol–water partition coefficient (Wildman–Crippen LogP) is 24.0. The molecule has 42 N–H and O–H groups in total. The third-order valence-corrected chi connectivity index (χ3v) is 31.5. The van der Waals surface area contributed by atoms with Crippen molar-refractivity contribution in [2.75, 3.05) is 115 Å². The molecule has 42 heteroatoms. The molecule has 0 spiro atoms. The summed E-state index contributed by atoms with van der Waals surface area (Å²) in [6.45, 7) is 51.7. The van der Waals surface area contributed by atoms with Gasteiger partial charge in [-0.1, -0.05) is 173 Å². The molecular formula is C94H216N28S14. The van der Waals surface area contributed by atoms with Crippen LogP contribution in [-0.2, 0) is 0 Å². The molecule has 0 bridgehead atoms. The molecule has 28 nitrogen and oxygen atoms in total. The number of hydrogen-bond donors (Lipinski definition) is 28. The summed E-state index contributed by atoms with van der Waals surface area (Å²) < 4.78 is 0. The van der Waals surface area contributed by atoms with Crippen LogP contribution >= 0.6 is 165 Å². The monoisotopic (exact) mass is 2190 g/mol. The molecule has 0 saturated heterocycles. The number of thioether (sulfide) groups is 14. The Morgan fingerprint density at radius 1 is 0.206 bits per heavy atom. The third kappa shape index (κ3) is 236. The van der Waals surface area contributed by atoms with Crippen molar-refractivity contribution < 1.29 is 0 Å². The van der Waals surface area contributed by atoms with Crippen molar-refractivity contribution in [1.29, 1.82) is 75.7 Å². The van der Waals surface area contributed by atoms with E-state index in [-0.39, 0.29) is 0 Å². The molecule has 0 aliphatic rings. The van der Waals surface area contributed by atoms with E-state index >= 15 is 0 Å². The molecule has 0 saturated carbocycles. The van der Waals surface area contributed by atoms with E-state index in [9.17, 15) is 0 Å². The van der Waals surface area contributed by atoms with Gasteiger partial charge in [0.25, 0.3) is 0 Å². The molecule has 0 amide bonds. The van der Waals surface area contributed by atoms with Crippen molar-refractivity contribution in [3.05, 3.63) is 0 Å². The number of amidine groups is 14. The highest BCUT2D eigenvalue weighted by atomic mass is 32.2. The lowest BCUT2D eigenvalue weighted by Gasteiger charge is -2.11. The molecule has 6 unspecified atom stereocenters. The Labute approximate surface area is 896 Å². The predicted molar refractivity (Wildman–Crippen MR) is 664 cm³/mol. The van der Waals surface area contributed by atoms with Gasteiger partial charge in [-0.2, -0.15) is 165 Å². The van der Waals surface area contributed by atoms with Crippen LogP contribution < -0.4 is 80.3 Å². The fraction of sp³-hybridized carbons (Fsp3) is 0.851. The van der Waals surface area contributed by atoms with E-state index in [1.54, 1.807) is 0 Å². The highest BCUT2D eigenvalue weighted by molar-refractivity contribution is 8.02. The molecule has 0 fully saturated rings. The zero-order valence-electron chi connectivity index (χ0n) is 90.1. The van der Waals surface area contributed by atoms with Crippen molar-refractivity contribution in [3.63, 3.8) is 0 Å². The average molecular weight is 2190 g/mol. The Morgan fingerprint density at radius 3 is 0.846 bits per heavy atom. The lowest BCUT2D eigenvalue weighted by Crippen LogP contribution is -2.16. The minimum atomic E-state index is 0.292. The van der Waals surface area contributed by atoms with Crippen molar-refractivity contribution in [3.8, 4) is 0 Å². The summed E-state index contributed by atoms with van der Waals surface area (Å²) >= 11 is 26.5. The molecule has 0 rings (SSSR count). The second-order valence-corrected chi connectivity index (χ2v) is 53.0. The first-order chi connectivity index (χ1) is 63.6. The highest BCUT2D eigenvalue weighted by Crippen LogP contribution is 2.21. The fourth-order valence-electron chi connectivity index (χ4n) is 8.36. The highest BCUT2D eigenvalue weighted by Gasteiger charge is 2.09. The van der Waals surface area contributed by atoms with Crippen LogP contribution in [0.2, 0.25) is 0 Å². The Kier molecular flexibility index (Phi) is 165. The van der Waals surface area contributed by atoms with Gasteiger partial charge in [0.05, 0.1) is 81.7 Å².